The van der Waals surface area contributed by atoms with Gasteiger partial charge in [0, 0.05) is 5.54 Å². The standard InChI is InChI=1S/C4H13N3/c1-4(2,7)3(5)6/h3H,5-7H2,1-2H3. The molecule has 0 saturated carbocycles. The molecule has 0 aromatic carbocycles. The molecule has 0 bridgehead atoms. The molecule has 0 saturated heterocycles. The minimum Gasteiger partial charge on any atom is -0.323 e. The Hall–Kier alpha value is -0.120. The summed E-state index contributed by atoms with van der Waals surface area (Å²) >= 11 is 0. The molecule has 0 aliphatic carbocycles. The molecule has 0 aliphatic rings. The number of hydrogen-bond donors (Lipinski definition) is 3. The molecular formula is C4H13N3. The van der Waals surface area contributed by atoms with Gasteiger partial charge in [-0.1, -0.05) is 0 Å². The lowest BCUT2D eigenvalue weighted by Gasteiger charge is -2.22. The Morgan fingerprint density at radius 1 is 1.29 bits per heavy atom. The smallest absolute Gasteiger partial charge is 0.0701 e. The van der Waals surface area contributed by atoms with Crippen LogP contribution in [0.4, 0.5) is 0 Å². The SMILES string of the molecule is CC(C)(N)C(N)N. The second-order valence-corrected chi connectivity index (χ2v) is 2.35. The maximum Gasteiger partial charge on any atom is 0.0701 e. The molecule has 0 amide bonds. The summed E-state index contributed by atoms with van der Waals surface area (Å²) in [5.41, 5.74) is 15.4. The fourth-order valence-corrected chi connectivity index (χ4v) is 0. The van der Waals surface area contributed by atoms with Crippen molar-refractivity contribution < 1.29 is 0 Å². The van der Waals surface area contributed by atoms with Crippen LogP contribution < -0.4 is 17.2 Å². The Labute approximate surface area is 43.9 Å². The maximum atomic E-state index is 5.43. The third-order valence-electron chi connectivity index (χ3n) is 0.859. The van der Waals surface area contributed by atoms with E-state index in [2.05, 4.69) is 0 Å². The lowest BCUT2D eigenvalue weighted by molar-refractivity contribution is 0.418. The van der Waals surface area contributed by atoms with E-state index in [1.54, 1.807) is 13.8 Å². The lowest BCUT2D eigenvalue weighted by Crippen LogP contribution is -2.55. The van der Waals surface area contributed by atoms with Crippen LogP contribution in [0.15, 0.2) is 0 Å². The van der Waals surface area contributed by atoms with Crippen LogP contribution in [0.2, 0.25) is 0 Å². The molecule has 7 heavy (non-hydrogen) atoms. The Bertz CT molecular complexity index is 52.4. The second-order valence-electron chi connectivity index (χ2n) is 2.35. The average molecular weight is 103 g/mol. The number of nitrogens with two attached hydrogens (primary N) is 3. The van der Waals surface area contributed by atoms with Crippen LogP contribution >= 0.6 is 0 Å². The molecule has 6 N–H and O–H groups in total. The first-order valence-corrected chi connectivity index (χ1v) is 2.24. The third-order valence-corrected chi connectivity index (χ3v) is 0.859. The van der Waals surface area contributed by atoms with E-state index in [0.717, 1.165) is 0 Å². The molecule has 0 heterocycles. The molecule has 0 rings (SSSR count). The number of rotatable bonds is 1. The van der Waals surface area contributed by atoms with E-state index in [0.29, 0.717) is 0 Å². The lowest BCUT2D eigenvalue weighted by atomic mass is 10.1. The van der Waals surface area contributed by atoms with Gasteiger partial charge in [-0.05, 0) is 13.8 Å². The van der Waals surface area contributed by atoms with E-state index in [9.17, 15) is 0 Å². The summed E-state index contributed by atoms with van der Waals surface area (Å²) in [6, 6.07) is 0. The predicted octanol–water partition coefficient (Wildman–Crippen LogP) is -1.03. The highest BCUT2D eigenvalue weighted by atomic mass is 15.0. The minimum absolute atomic E-state index is 0.424. The molecule has 3 heteroatoms. The first-order chi connectivity index (χ1) is 2.94. The normalized spacial score (nSPS) is 12.9. The Morgan fingerprint density at radius 2 is 1.43 bits per heavy atom. The molecule has 0 fully saturated rings. The van der Waals surface area contributed by atoms with E-state index in [4.69, 9.17) is 17.2 Å². The van der Waals surface area contributed by atoms with E-state index in [1.807, 2.05) is 0 Å². The first-order valence-electron chi connectivity index (χ1n) is 2.24. The first kappa shape index (κ1) is 6.88. The average Bonchev–Trinajstić information content (AvgIpc) is 1.31. The summed E-state index contributed by atoms with van der Waals surface area (Å²) in [5, 5.41) is 0. The Morgan fingerprint density at radius 3 is 1.43 bits per heavy atom. The summed E-state index contributed by atoms with van der Waals surface area (Å²) in [7, 11) is 0. The van der Waals surface area contributed by atoms with Crippen molar-refractivity contribution in [1.29, 1.82) is 0 Å². The zero-order valence-corrected chi connectivity index (χ0v) is 4.81. The van der Waals surface area contributed by atoms with Crippen molar-refractivity contribution >= 4 is 0 Å². The van der Waals surface area contributed by atoms with Gasteiger partial charge in [0.2, 0.25) is 0 Å². The van der Waals surface area contributed by atoms with Gasteiger partial charge in [0.15, 0.2) is 0 Å². The van der Waals surface area contributed by atoms with Gasteiger partial charge in [0.1, 0.15) is 0 Å². The van der Waals surface area contributed by atoms with Gasteiger partial charge >= 0.3 is 0 Å². The zero-order chi connectivity index (χ0) is 6.08. The molecule has 0 radical (unpaired) electrons. The molecule has 44 valence electrons. The van der Waals surface area contributed by atoms with Crippen molar-refractivity contribution in [3.63, 3.8) is 0 Å². The fraction of sp³-hybridized carbons (Fsp3) is 1.00. The Balaban J connectivity index is 3.54. The van der Waals surface area contributed by atoms with Crippen molar-refractivity contribution in [2.45, 2.75) is 25.6 Å². The molecule has 0 aliphatic heterocycles. The molecule has 0 aromatic heterocycles. The maximum absolute atomic E-state index is 5.43. The van der Waals surface area contributed by atoms with Crippen LogP contribution in [0.5, 0.6) is 0 Å². The quantitative estimate of drug-likeness (QED) is 0.371. The van der Waals surface area contributed by atoms with E-state index in [1.165, 1.54) is 0 Å². The highest BCUT2D eigenvalue weighted by molar-refractivity contribution is 4.79. The highest BCUT2D eigenvalue weighted by Gasteiger charge is 2.15. The topological polar surface area (TPSA) is 78.1 Å². The van der Waals surface area contributed by atoms with Gasteiger partial charge < -0.3 is 17.2 Å². The van der Waals surface area contributed by atoms with E-state index < -0.39 is 11.7 Å². The molecular weight excluding hydrogens is 90.1 g/mol. The van der Waals surface area contributed by atoms with Gasteiger partial charge in [-0.15, -0.1) is 0 Å². The van der Waals surface area contributed by atoms with Crippen molar-refractivity contribution in [2.75, 3.05) is 0 Å². The fourth-order valence-electron chi connectivity index (χ4n) is 0. The van der Waals surface area contributed by atoms with Crippen LogP contribution in [-0.2, 0) is 0 Å². The summed E-state index contributed by atoms with van der Waals surface area (Å²) < 4.78 is 0. The van der Waals surface area contributed by atoms with Gasteiger partial charge in [0.05, 0.1) is 6.17 Å². The van der Waals surface area contributed by atoms with Crippen molar-refractivity contribution in [3.8, 4) is 0 Å². The van der Waals surface area contributed by atoms with Gasteiger partial charge in [-0.25, -0.2) is 0 Å². The minimum atomic E-state index is -0.444. The second kappa shape index (κ2) is 1.78. The summed E-state index contributed by atoms with van der Waals surface area (Å²) in [5.74, 6) is 0. The van der Waals surface area contributed by atoms with Gasteiger partial charge in [0.25, 0.3) is 0 Å². The van der Waals surface area contributed by atoms with Crippen molar-refractivity contribution in [2.24, 2.45) is 17.2 Å². The van der Waals surface area contributed by atoms with Gasteiger partial charge in [-0.3, -0.25) is 0 Å². The van der Waals surface area contributed by atoms with Crippen molar-refractivity contribution in [3.05, 3.63) is 0 Å². The van der Waals surface area contributed by atoms with Crippen LogP contribution in [0.25, 0.3) is 0 Å². The van der Waals surface area contributed by atoms with Crippen LogP contribution in [0, 0.1) is 0 Å². The molecule has 0 atom stereocenters. The van der Waals surface area contributed by atoms with E-state index in [-0.39, 0.29) is 0 Å². The zero-order valence-electron chi connectivity index (χ0n) is 4.81. The van der Waals surface area contributed by atoms with Crippen LogP contribution in [0.3, 0.4) is 0 Å². The highest BCUT2D eigenvalue weighted by Crippen LogP contribution is 1.94. The third kappa shape index (κ3) is 2.56. The molecule has 0 unspecified atom stereocenters. The van der Waals surface area contributed by atoms with E-state index >= 15 is 0 Å². The largest absolute Gasteiger partial charge is 0.323 e. The Kier molecular flexibility index (Phi) is 1.75. The summed E-state index contributed by atoms with van der Waals surface area (Å²) in [6.07, 6.45) is -0.424. The predicted molar refractivity (Wildman–Crippen MR) is 30.4 cm³/mol. The van der Waals surface area contributed by atoms with Gasteiger partial charge in [-0.2, -0.15) is 0 Å². The summed E-state index contributed by atoms with van der Waals surface area (Å²) in [4.78, 5) is 0. The molecule has 3 nitrogen and oxygen atoms in total. The van der Waals surface area contributed by atoms with Crippen molar-refractivity contribution in [1.82, 2.24) is 0 Å². The number of hydrogen-bond acceptors (Lipinski definition) is 3. The molecule has 0 spiro atoms. The monoisotopic (exact) mass is 103 g/mol. The van der Waals surface area contributed by atoms with Crippen LogP contribution in [0.1, 0.15) is 13.8 Å². The summed E-state index contributed by atoms with van der Waals surface area (Å²) in [6.45, 7) is 3.58. The molecule has 0 aromatic rings. The van der Waals surface area contributed by atoms with Crippen LogP contribution in [-0.4, -0.2) is 11.7 Å².